The molecule has 0 radical (unpaired) electrons. The summed E-state index contributed by atoms with van der Waals surface area (Å²) in [6.45, 7) is 10.1. The molecule has 18 heavy (non-hydrogen) atoms. The van der Waals surface area contributed by atoms with Crippen molar-refractivity contribution in [2.24, 2.45) is 0 Å². The normalized spacial score (nSPS) is 9.44. The molecule has 1 heterocycles. The highest BCUT2D eigenvalue weighted by molar-refractivity contribution is 6.00. The van der Waals surface area contributed by atoms with Crippen molar-refractivity contribution in [1.82, 2.24) is 4.98 Å². The first-order valence-electron chi connectivity index (χ1n) is 5.31. The lowest BCUT2D eigenvalue weighted by Crippen LogP contribution is -2.26. The molecule has 0 fully saturated rings. The second-order valence-corrected chi connectivity index (χ2v) is 3.45. The maximum atomic E-state index is 11.7. The molecule has 0 aliphatic carbocycles. The number of aromatic nitrogens is 1. The van der Waals surface area contributed by atoms with Crippen LogP contribution < -0.4 is 4.90 Å². The molecule has 1 aromatic heterocycles. The Bertz CT molecular complexity index is 520. The van der Waals surface area contributed by atoms with Crippen LogP contribution in [0.3, 0.4) is 0 Å². The average molecular weight is 247 g/mol. The number of ether oxygens (including phenoxy) is 1. The highest BCUT2D eigenvalue weighted by atomic mass is 16.5. The van der Waals surface area contributed by atoms with Gasteiger partial charge >= 0.3 is 5.97 Å². The first kappa shape index (κ1) is 13.6. The van der Waals surface area contributed by atoms with Gasteiger partial charge in [-0.25, -0.2) is 4.79 Å². The summed E-state index contributed by atoms with van der Waals surface area (Å²) in [7, 11) is 1.53. The summed E-state index contributed by atoms with van der Waals surface area (Å²) in [6.07, 6.45) is 0. The van der Waals surface area contributed by atoms with Gasteiger partial charge in [-0.05, 0) is 19.1 Å². The number of esters is 1. The molecule has 1 rings (SSSR count). The number of carbonyl (C=O) groups is 2. The van der Waals surface area contributed by atoms with Crippen molar-refractivity contribution in [3.05, 3.63) is 29.2 Å². The molecule has 0 saturated carbocycles. The minimum atomic E-state index is -0.647. The van der Waals surface area contributed by atoms with Gasteiger partial charge in [-0.2, -0.15) is 0 Å². The van der Waals surface area contributed by atoms with E-state index in [1.807, 2.05) is 0 Å². The Kier molecular flexibility index (Phi) is 4.38. The lowest BCUT2D eigenvalue weighted by atomic mass is 10.2. The zero-order chi connectivity index (χ0) is 13.7. The zero-order valence-corrected chi connectivity index (χ0v) is 10.4. The number of pyridine rings is 1. The number of rotatable bonds is 3. The van der Waals surface area contributed by atoms with Crippen LogP contribution in [0.25, 0.3) is 4.85 Å². The van der Waals surface area contributed by atoms with Gasteiger partial charge in [0.1, 0.15) is 0 Å². The van der Waals surface area contributed by atoms with Gasteiger partial charge in [-0.3, -0.25) is 4.79 Å². The summed E-state index contributed by atoms with van der Waals surface area (Å²) < 4.78 is 4.86. The van der Waals surface area contributed by atoms with Crippen molar-refractivity contribution in [2.45, 2.75) is 13.8 Å². The Labute approximate surface area is 105 Å². The zero-order valence-electron chi connectivity index (χ0n) is 10.4. The van der Waals surface area contributed by atoms with Gasteiger partial charge in [0.05, 0.1) is 12.3 Å². The lowest BCUT2D eigenvalue weighted by molar-refractivity contribution is -0.116. The fourth-order valence-electron chi connectivity index (χ4n) is 1.29. The summed E-state index contributed by atoms with van der Waals surface area (Å²) in [5.74, 6) is -0.803. The number of carbonyl (C=O) groups excluding carboxylic acids is 2. The Balaban J connectivity index is 3.29. The molecule has 6 nitrogen and oxygen atoms in total. The van der Waals surface area contributed by atoms with Gasteiger partial charge in [-0.1, -0.05) is 6.57 Å². The minimum Gasteiger partial charge on any atom is -0.460 e. The third-order valence-corrected chi connectivity index (χ3v) is 2.28. The molecule has 0 N–H and O–H groups in total. The Hall–Kier alpha value is -2.42. The third kappa shape index (κ3) is 2.83. The number of hydrogen-bond donors (Lipinski definition) is 0. The molecule has 0 aliphatic rings. The molecule has 1 amide bonds. The fraction of sp³-hybridized carbons (Fsp3) is 0.333. The SMILES string of the molecule is [C-]#[N+]c1ccc(N(C)C(C)=O)c(C(=O)OCC)n1. The van der Waals surface area contributed by atoms with Gasteiger partial charge in [0.2, 0.25) is 5.91 Å². The molecule has 0 bridgehead atoms. The number of nitrogens with zero attached hydrogens (tertiary/aromatic N) is 3. The first-order chi connectivity index (χ1) is 8.51. The van der Waals surface area contributed by atoms with Crippen LogP contribution in [0.2, 0.25) is 0 Å². The van der Waals surface area contributed by atoms with Crippen LogP contribution in [0.4, 0.5) is 11.5 Å². The standard InChI is InChI=1S/C12H13N3O3/c1-5-18-12(17)11-9(15(4)8(2)16)6-7-10(13-3)14-11/h6-7H,5H2,1-2,4H3. The molecule has 0 unspecified atom stereocenters. The lowest BCUT2D eigenvalue weighted by Gasteiger charge is -2.15. The van der Waals surface area contributed by atoms with E-state index in [-0.39, 0.29) is 24.0 Å². The van der Waals surface area contributed by atoms with Crippen LogP contribution in [0.5, 0.6) is 0 Å². The van der Waals surface area contributed by atoms with Gasteiger partial charge in [-0.15, -0.1) is 4.98 Å². The summed E-state index contributed by atoms with van der Waals surface area (Å²) in [5, 5.41) is 0. The van der Waals surface area contributed by atoms with Crippen molar-refractivity contribution in [3.63, 3.8) is 0 Å². The van der Waals surface area contributed by atoms with Gasteiger partial charge < -0.3 is 14.5 Å². The van der Waals surface area contributed by atoms with E-state index in [9.17, 15) is 9.59 Å². The molecular weight excluding hydrogens is 234 g/mol. The van der Waals surface area contributed by atoms with Crippen molar-refractivity contribution >= 4 is 23.4 Å². The van der Waals surface area contributed by atoms with Crippen molar-refractivity contribution in [1.29, 1.82) is 0 Å². The summed E-state index contributed by atoms with van der Waals surface area (Å²) in [5.41, 5.74) is 0.302. The van der Waals surface area contributed by atoms with Gasteiger partial charge in [0.25, 0.3) is 11.5 Å². The van der Waals surface area contributed by atoms with Crippen molar-refractivity contribution in [2.75, 3.05) is 18.6 Å². The molecule has 1 aromatic rings. The van der Waals surface area contributed by atoms with Crippen LogP contribution in [-0.4, -0.2) is 30.5 Å². The maximum Gasteiger partial charge on any atom is 0.383 e. The van der Waals surface area contributed by atoms with Crippen LogP contribution in [0.1, 0.15) is 24.3 Å². The highest BCUT2D eigenvalue weighted by Crippen LogP contribution is 2.22. The van der Waals surface area contributed by atoms with E-state index >= 15 is 0 Å². The van der Waals surface area contributed by atoms with Gasteiger partial charge in [0.15, 0.2) is 0 Å². The third-order valence-electron chi connectivity index (χ3n) is 2.28. The van der Waals surface area contributed by atoms with Crippen LogP contribution in [0.15, 0.2) is 12.1 Å². The molecule has 0 atom stereocenters. The molecular formula is C12H13N3O3. The molecule has 6 heteroatoms. The van der Waals surface area contributed by atoms with Crippen LogP contribution >= 0.6 is 0 Å². The second kappa shape index (κ2) is 5.77. The van der Waals surface area contributed by atoms with E-state index in [1.165, 1.54) is 31.0 Å². The average Bonchev–Trinajstić information content (AvgIpc) is 2.37. The van der Waals surface area contributed by atoms with Crippen LogP contribution in [0, 0.1) is 6.57 Å². The largest absolute Gasteiger partial charge is 0.460 e. The van der Waals surface area contributed by atoms with E-state index in [0.29, 0.717) is 5.69 Å². The second-order valence-electron chi connectivity index (χ2n) is 3.45. The Morgan fingerprint density at radius 3 is 2.67 bits per heavy atom. The number of anilines is 1. The maximum absolute atomic E-state index is 11.7. The monoisotopic (exact) mass is 247 g/mol. The molecule has 0 saturated heterocycles. The Morgan fingerprint density at radius 1 is 1.50 bits per heavy atom. The molecule has 0 aliphatic heterocycles. The Morgan fingerprint density at radius 2 is 2.17 bits per heavy atom. The van der Waals surface area contributed by atoms with Crippen molar-refractivity contribution in [3.8, 4) is 0 Å². The molecule has 94 valence electrons. The summed E-state index contributed by atoms with van der Waals surface area (Å²) >= 11 is 0. The molecule has 0 spiro atoms. The predicted octanol–water partition coefficient (Wildman–Crippen LogP) is 1.79. The smallest absolute Gasteiger partial charge is 0.383 e. The van der Waals surface area contributed by atoms with E-state index in [4.69, 9.17) is 11.3 Å². The fourth-order valence-corrected chi connectivity index (χ4v) is 1.29. The van der Waals surface area contributed by atoms with Crippen molar-refractivity contribution < 1.29 is 14.3 Å². The first-order valence-corrected chi connectivity index (χ1v) is 5.31. The number of amides is 1. The summed E-state index contributed by atoms with van der Waals surface area (Å²) in [6, 6.07) is 2.96. The molecule has 0 aromatic carbocycles. The van der Waals surface area contributed by atoms with Gasteiger partial charge in [0, 0.05) is 14.0 Å². The predicted molar refractivity (Wildman–Crippen MR) is 65.5 cm³/mol. The van der Waals surface area contributed by atoms with E-state index < -0.39 is 5.97 Å². The summed E-state index contributed by atoms with van der Waals surface area (Å²) in [4.78, 5) is 31.4. The topological polar surface area (TPSA) is 63.9 Å². The minimum absolute atomic E-state index is 0.0250. The van der Waals surface area contributed by atoms with E-state index in [2.05, 4.69) is 9.83 Å². The van der Waals surface area contributed by atoms with Crippen LogP contribution in [-0.2, 0) is 9.53 Å². The van der Waals surface area contributed by atoms with E-state index in [1.54, 1.807) is 6.92 Å². The van der Waals surface area contributed by atoms with E-state index in [0.717, 1.165) is 0 Å². The number of hydrogen-bond acceptors (Lipinski definition) is 4. The highest BCUT2D eigenvalue weighted by Gasteiger charge is 2.23. The quantitative estimate of drug-likeness (QED) is 0.603.